The van der Waals surface area contributed by atoms with Crippen LogP contribution in [0.4, 0.5) is 0 Å². The lowest BCUT2D eigenvalue weighted by molar-refractivity contribution is 0.486. The first kappa shape index (κ1) is 19.7. The molecule has 1 atom stereocenters. The van der Waals surface area contributed by atoms with Crippen LogP contribution >= 0.6 is 0 Å². The van der Waals surface area contributed by atoms with E-state index in [-0.39, 0.29) is 23.0 Å². The smallest absolute Gasteiger partial charge is 0.211 e. The van der Waals surface area contributed by atoms with Gasteiger partial charge >= 0.3 is 0 Å². The van der Waals surface area contributed by atoms with Crippen molar-refractivity contribution < 1.29 is 21.3 Å². The molecule has 0 aliphatic heterocycles. The van der Waals surface area contributed by atoms with Crippen LogP contribution in [0.1, 0.15) is 35.5 Å². The summed E-state index contributed by atoms with van der Waals surface area (Å²) < 4.78 is 57.9. The van der Waals surface area contributed by atoms with Gasteiger partial charge in [-0.25, -0.2) is 21.6 Å². The molecular weight excluding hydrogens is 362 g/mol. The minimum atomic E-state index is -3.84. The number of sulfone groups is 1. The van der Waals surface area contributed by atoms with Gasteiger partial charge in [-0.1, -0.05) is 19.1 Å². The van der Waals surface area contributed by atoms with Crippen LogP contribution in [0, 0.1) is 13.8 Å². The Hall–Kier alpha value is -1.64. The molecule has 0 fully saturated rings. The van der Waals surface area contributed by atoms with Gasteiger partial charge in [-0.2, -0.15) is 0 Å². The second-order valence-corrected chi connectivity index (χ2v) is 10.0. The van der Waals surface area contributed by atoms with Crippen molar-refractivity contribution in [3.63, 3.8) is 0 Å². The Bertz CT molecular complexity index is 916. The molecule has 0 aliphatic rings. The summed E-state index contributed by atoms with van der Waals surface area (Å²) in [5, 5.41) is -1.13. The minimum absolute atomic E-state index is 0.0542. The summed E-state index contributed by atoms with van der Waals surface area (Å²) in [5.41, 5.74) is 1.42. The van der Waals surface area contributed by atoms with E-state index in [1.807, 2.05) is 13.0 Å². The molecule has 0 saturated carbocycles. The highest BCUT2D eigenvalue weighted by Crippen LogP contribution is 2.31. The van der Waals surface area contributed by atoms with Gasteiger partial charge in [0.2, 0.25) is 10.0 Å². The maximum Gasteiger partial charge on any atom is 0.211 e. The fourth-order valence-corrected chi connectivity index (χ4v) is 5.67. The topological polar surface area (TPSA) is 93.4 Å². The van der Waals surface area contributed by atoms with Gasteiger partial charge in [-0.15, -0.1) is 0 Å². The number of sulfonamides is 1. The van der Waals surface area contributed by atoms with Crippen LogP contribution in [0.3, 0.4) is 0 Å². The molecule has 25 heavy (non-hydrogen) atoms. The molecule has 0 unspecified atom stereocenters. The Morgan fingerprint density at radius 1 is 1.12 bits per heavy atom. The summed E-state index contributed by atoms with van der Waals surface area (Å²) >= 11 is 0. The van der Waals surface area contributed by atoms with Gasteiger partial charge in [0, 0.05) is 6.54 Å². The number of hydrogen-bond acceptors (Lipinski definition) is 5. The van der Waals surface area contributed by atoms with Crippen molar-refractivity contribution in [1.29, 1.82) is 0 Å². The van der Waals surface area contributed by atoms with Gasteiger partial charge in [0.15, 0.2) is 9.84 Å². The van der Waals surface area contributed by atoms with Gasteiger partial charge in [-0.3, -0.25) is 0 Å². The molecule has 0 spiro atoms. The molecule has 1 aromatic heterocycles. The van der Waals surface area contributed by atoms with E-state index in [1.54, 1.807) is 38.1 Å². The number of rotatable bonds is 8. The molecule has 138 valence electrons. The lowest BCUT2D eigenvalue weighted by Gasteiger charge is -2.18. The number of furan rings is 1. The SMILES string of the molecule is CCCS(=O)(=O)NC[C@H](c1ccco1)S(=O)(=O)c1cc(C)ccc1C. The fraction of sp³-hybridized carbons (Fsp3) is 0.412. The molecule has 6 nitrogen and oxygen atoms in total. The van der Waals surface area contributed by atoms with Crippen molar-refractivity contribution in [1.82, 2.24) is 4.72 Å². The van der Waals surface area contributed by atoms with Gasteiger partial charge in [0.1, 0.15) is 11.0 Å². The van der Waals surface area contributed by atoms with E-state index in [4.69, 9.17) is 4.42 Å². The second-order valence-electron chi connectivity index (χ2n) is 5.99. The van der Waals surface area contributed by atoms with Crippen LogP contribution in [0.2, 0.25) is 0 Å². The van der Waals surface area contributed by atoms with E-state index in [2.05, 4.69) is 4.72 Å². The van der Waals surface area contributed by atoms with Crippen molar-refractivity contribution in [3.05, 3.63) is 53.5 Å². The molecule has 0 aliphatic carbocycles. The second kappa shape index (κ2) is 7.72. The third-order valence-corrected chi connectivity index (χ3v) is 7.60. The minimum Gasteiger partial charge on any atom is -0.468 e. The molecule has 0 saturated heterocycles. The number of hydrogen-bond donors (Lipinski definition) is 1. The summed E-state index contributed by atoms with van der Waals surface area (Å²) in [6.45, 7) is 5.00. The number of aryl methyl sites for hydroxylation is 2. The molecule has 2 rings (SSSR count). The summed E-state index contributed by atoms with van der Waals surface area (Å²) in [6, 6.07) is 8.30. The molecule has 1 heterocycles. The lowest BCUT2D eigenvalue weighted by atomic mass is 10.2. The number of nitrogens with one attached hydrogen (secondary N) is 1. The van der Waals surface area contributed by atoms with Crippen LogP contribution < -0.4 is 4.72 Å². The maximum absolute atomic E-state index is 13.2. The third-order valence-electron chi connectivity index (χ3n) is 3.85. The van der Waals surface area contributed by atoms with Crippen molar-refractivity contribution in [3.8, 4) is 0 Å². The molecule has 2 aromatic rings. The van der Waals surface area contributed by atoms with Crippen LogP contribution in [0.15, 0.2) is 45.9 Å². The van der Waals surface area contributed by atoms with Crippen LogP contribution in [-0.4, -0.2) is 29.1 Å². The zero-order valence-electron chi connectivity index (χ0n) is 14.5. The van der Waals surface area contributed by atoms with Crippen molar-refractivity contribution in [2.45, 2.75) is 37.3 Å². The monoisotopic (exact) mass is 385 g/mol. The zero-order valence-corrected chi connectivity index (χ0v) is 16.2. The van der Waals surface area contributed by atoms with Gasteiger partial charge in [-0.05, 0) is 49.6 Å². The summed E-state index contributed by atoms with van der Waals surface area (Å²) in [6.07, 6.45) is 1.83. The first-order chi connectivity index (χ1) is 11.7. The Morgan fingerprint density at radius 3 is 2.44 bits per heavy atom. The Morgan fingerprint density at radius 2 is 1.84 bits per heavy atom. The molecule has 0 radical (unpaired) electrons. The van der Waals surface area contributed by atoms with Crippen LogP contribution in [-0.2, 0) is 19.9 Å². The third kappa shape index (κ3) is 4.71. The quantitative estimate of drug-likeness (QED) is 0.754. The maximum atomic E-state index is 13.2. The Labute approximate surface area is 149 Å². The molecule has 1 N–H and O–H groups in total. The van der Waals surface area contributed by atoms with Crippen molar-refractivity contribution >= 4 is 19.9 Å². The largest absolute Gasteiger partial charge is 0.468 e. The summed E-state index contributed by atoms with van der Waals surface area (Å²) in [4.78, 5) is 0.184. The fourth-order valence-electron chi connectivity index (χ4n) is 2.55. The molecule has 0 amide bonds. The molecule has 0 bridgehead atoms. The Balaban J connectivity index is 2.44. The van der Waals surface area contributed by atoms with E-state index in [9.17, 15) is 16.8 Å². The average Bonchev–Trinajstić information content (AvgIpc) is 3.03. The van der Waals surface area contributed by atoms with Gasteiger partial charge < -0.3 is 4.42 Å². The predicted molar refractivity (Wildman–Crippen MR) is 96.6 cm³/mol. The number of benzene rings is 1. The highest BCUT2D eigenvalue weighted by Gasteiger charge is 2.33. The summed E-state index contributed by atoms with van der Waals surface area (Å²) in [7, 11) is -7.37. The van der Waals surface area contributed by atoms with E-state index in [1.165, 1.54) is 6.26 Å². The average molecular weight is 386 g/mol. The standard InChI is InChI=1S/C17H23NO5S2/c1-4-10-24(19,20)18-12-17(15-6-5-9-23-15)25(21,22)16-11-13(2)7-8-14(16)3/h5-9,11,17-18H,4,10,12H2,1-3H3/t17-/m1/s1. The van der Waals surface area contributed by atoms with Crippen molar-refractivity contribution in [2.24, 2.45) is 0 Å². The van der Waals surface area contributed by atoms with Crippen LogP contribution in [0.5, 0.6) is 0 Å². The zero-order chi connectivity index (χ0) is 18.7. The Kier molecular flexibility index (Phi) is 6.08. The van der Waals surface area contributed by atoms with Crippen LogP contribution in [0.25, 0.3) is 0 Å². The molecule has 8 heteroatoms. The van der Waals surface area contributed by atoms with Gasteiger partial charge in [0.25, 0.3) is 0 Å². The van der Waals surface area contributed by atoms with E-state index in [0.29, 0.717) is 12.0 Å². The van der Waals surface area contributed by atoms with Gasteiger partial charge in [0.05, 0.1) is 16.9 Å². The predicted octanol–water partition coefficient (Wildman–Crippen LogP) is 2.74. The normalized spacial score (nSPS) is 13.7. The molecule has 1 aromatic carbocycles. The van der Waals surface area contributed by atoms with E-state index >= 15 is 0 Å². The first-order valence-electron chi connectivity index (χ1n) is 7.99. The van der Waals surface area contributed by atoms with E-state index < -0.39 is 25.1 Å². The summed E-state index contributed by atoms with van der Waals surface area (Å²) in [5.74, 6) is 0.154. The highest BCUT2D eigenvalue weighted by molar-refractivity contribution is 7.92. The van der Waals surface area contributed by atoms with Crippen molar-refractivity contribution in [2.75, 3.05) is 12.3 Å². The highest BCUT2D eigenvalue weighted by atomic mass is 32.2. The lowest BCUT2D eigenvalue weighted by Crippen LogP contribution is -2.33. The first-order valence-corrected chi connectivity index (χ1v) is 11.2. The van der Waals surface area contributed by atoms with E-state index in [0.717, 1.165) is 5.56 Å². The molecular formula is C17H23NO5S2.